The van der Waals surface area contributed by atoms with Gasteiger partial charge in [0.1, 0.15) is 4.21 Å². The Morgan fingerprint density at radius 3 is 2.67 bits per heavy atom. The topological polar surface area (TPSA) is 85.1 Å². The molecule has 0 aliphatic carbocycles. The second-order valence-corrected chi connectivity index (χ2v) is 8.53. The Morgan fingerprint density at radius 1 is 1.17 bits per heavy atom. The molecule has 6 nitrogen and oxygen atoms in total. The van der Waals surface area contributed by atoms with Gasteiger partial charge >= 0.3 is 0 Å². The van der Waals surface area contributed by atoms with Gasteiger partial charge in [-0.15, -0.1) is 11.3 Å². The molecule has 0 saturated carbocycles. The van der Waals surface area contributed by atoms with Gasteiger partial charge in [-0.2, -0.15) is 4.98 Å². The Labute approximate surface area is 144 Å². The second kappa shape index (κ2) is 7.25. The number of aryl methyl sites for hydroxylation is 2. The van der Waals surface area contributed by atoms with Crippen LogP contribution in [0.1, 0.15) is 17.2 Å². The molecule has 0 aliphatic rings. The van der Waals surface area contributed by atoms with Crippen LogP contribution in [0, 0.1) is 6.92 Å². The van der Waals surface area contributed by atoms with Gasteiger partial charge in [-0.05, 0) is 25.5 Å². The summed E-state index contributed by atoms with van der Waals surface area (Å²) in [6.45, 7) is 2.20. The van der Waals surface area contributed by atoms with Gasteiger partial charge in [0.25, 0.3) is 0 Å². The third-order valence-corrected chi connectivity index (χ3v) is 6.29. The number of nitrogens with zero attached hydrogens (tertiary/aromatic N) is 2. The van der Waals surface area contributed by atoms with Gasteiger partial charge < -0.3 is 4.52 Å². The van der Waals surface area contributed by atoms with E-state index in [0.717, 1.165) is 10.4 Å². The molecule has 0 spiro atoms. The van der Waals surface area contributed by atoms with Crippen molar-refractivity contribution in [3.8, 4) is 11.4 Å². The van der Waals surface area contributed by atoms with Gasteiger partial charge in [0.2, 0.25) is 21.7 Å². The zero-order valence-corrected chi connectivity index (χ0v) is 14.7. The number of benzene rings is 1. The van der Waals surface area contributed by atoms with E-state index >= 15 is 0 Å². The van der Waals surface area contributed by atoms with E-state index < -0.39 is 10.0 Å². The molecule has 2 heterocycles. The predicted octanol–water partition coefficient (Wildman–Crippen LogP) is 3.02. The molecule has 1 N–H and O–H groups in total. The molecule has 0 radical (unpaired) electrons. The molecule has 3 aromatic rings. The van der Waals surface area contributed by atoms with Crippen molar-refractivity contribution < 1.29 is 12.9 Å². The predicted molar refractivity (Wildman–Crippen MR) is 92.3 cm³/mol. The molecule has 0 unspecified atom stereocenters. The molecule has 3 rings (SSSR count). The van der Waals surface area contributed by atoms with Gasteiger partial charge in [0, 0.05) is 23.4 Å². The van der Waals surface area contributed by atoms with Crippen LogP contribution in [0.5, 0.6) is 0 Å². The number of nitrogens with one attached hydrogen (secondary N) is 1. The summed E-state index contributed by atoms with van der Waals surface area (Å²) in [6, 6.07) is 13.0. The van der Waals surface area contributed by atoms with Gasteiger partial charge in [0.05, 0.1) is 0 Å². The Kier molecular flexibility index (Phi) is 5.08. The summed E-state index contributed by atoms with van der Waals surface area (Å²) in [6.07, 6.45) is 1.10. The number of hydrogen-bond acceptors (Lipinski definition) is 6. The van der Waals surface area contributed by atoms with Crippen molar-refractivity contribution >= 4 is 21.4 Å². The van der Waals surface area contributed by atoms with Crippen molar-refractivity contribution in [2.75, 3.05) is 6.54 Å². The standard InChI is InChI=1S/C16H17N3O3S2/c1-12-9-10-15(23-12)24(20,21)17-11-5-8-14-18-16(19-22-14)13-6-3-2-4-7-13/h2-4,6-7,9-10,17H,5,8,11H2,1H3. The Bertz CT molecular complexity index is 902. The minimum atomic E-state index is -3.43. The lowest BCUT2D eigenvalue weighted by molar-refractivity contribution is 0.376. The van der Waals surface area contributed by atoms with Crippen molar-refractivity contribution in [1.29, 1.82) is 0 Å². The third kappa shape index (κ3) is 4.08. The molecule has 8 heteroatoms. The van der Waals surface area contributed by atoms with E-state index in [4.69, 9.17) is 4.52 Å². The van der Waals surface area contributed by atoms with E-state index in [-0.39, 0.29) is 0 Å². The third-order valence-electron chi connectivity index (χ3n) is 3.34. The van der Waals surface area contributed by atoms with Crippen molar-refractivity contribution in [2.24, 2.45) is 0 Å². The first-order valence-corrected chi connectivity index (χ1v) is 9.79. The number of sulfonamides is 1. The van der Waals surface area contributed by atoms with E-state index in [9.17, 15) is 8.42 Å². The fraction of sp³-hybridized carbons (Fsp3) is 0.250. The highest BCUT2D eigenvalue weighted by atomic mass is 32.2. The summed E-state index contributed by atoms with van der Waals surface area (Å²) in [5.41, 5.74) is 0.890. The van der Waals surface area contributed by atoms with Crippen LogP contribution in [-0.4, -0.2) is 25.1 Å². The number of hydrogen-bond donors (Lipinski definition) is 1. The Hall–Kier alpha value is -2.03. The fourth-order valence-corrected chi connectivity index (χ4v) is 4.54. The van der Waals surface area contributed by atoms with Crippen LogP contribution in [0.25, 0.3) is 11.4 Å². The highest BCUT2D eigenvalue weighted by molar-refractivity contribution is 7.91. The molecule has 0 bridgehead atoms. The summed E-state index contributed by atoms with van der Waals surface area (Å²) < 4.78 is 32.3. The molecule has 1 aromatic carbocycles. The van der Waals surface area contributed by atoms with Crippen molar-refractivity contribution in [2.45, 2.75) is 24.0 Å². The van der Waals surface area contributed by atoms with Crippen LogP contribution in [-0.2, 0) is 16.4 Å². The first-order chi connectivity index (χ1) is 11.5. The molecule has 0 fully saturated rings. The van der Waals surface area contributed by atoms with Crippen LogP contribution in [0.15, 0.2) is 51.2 Å². The lowest BCUT2D eigenvalue weighted by atomic mass is 10.2. The largest absolute Gasteiger partial charge is 0.339 e. The number of aromatic nitrogens is 2. The fourth-order valence-electron chi connectivity index (χ4n) is 2.13. The summed E-state index contributed by atoms with van der Waals surface area (Å²) in [5, 5.41) is 3.94. The zero-order chi connectivity index (χ0) is 17.0. The van der Waals surface area contributed by atoms with E-state index in [0.29, 0.717) is 35.3 Å². The average molecular weight is 363 g/mol. The quantitative estimate of drug-likeness (QED) is 0.652. The summed E-state index contributed by atoms with van der Waals surface area (Å²) in [4.78, 5) is 5.29. The molecule has 0 atom stereocenters. The SMILES string of the molecule is Cc1ccc(S(=O)(=O)NCCCc2nc(-c3ccccc3)no2)s1. The van der Waals surface area contributed by atoms with Crippen molar-refractivity contribution in [3.63, 3.8) is 0 Å². The maximum absolute atomic E-state index is 12.1. The molecule has 0 saturated heterocycles. The average Bonchev–Trinajstić information content (AvgIpc) is 3.22. The van der Waals surface area contributed by atoms with Gasteiger partial charge in [0.15, 0.2) is 0 Å². The van der Waals surface area contributed by atoms with E-state index in [1.54, 1.807) is 12.1 Å². The van der Waals surface area contributed by atoms with Crippen LogP contribution < -0.4 is 4.72 Å². The molecular formula is C16H17N3O3S2. The second-order valence-electron chi connectivity index (χ2n) is 5.24. The highest BCUT2D eigenvalue weighted by Crippen LogP contribution is 2.20. The van der Waals surface area contributed by atoms with Gasteiger partial charge in [-0.25, -0.2) is 13.1 Å². The first-order valence-electron chi connectivity index (χ1n) is 7.49. The Balaban J connectivity index is 1.51. The van der Waals surface area contributed by atoms with Crippen LogP contribution in [0.2, 0.25) is 0 Å². The number of thiophene rings is 1. The maximum Gasteiger partial charge on any atom is 0.250 e. The van der Waals surface area contributed by atoms with Gasteiger partial charge in [-0.1, -0.05) is 35.5 Å². The summed E-state index contributed by atoms with van der Waals surface area (Å²) in [5.74, 6) is 1.04. The highest BCUT2D eigenvalue weighted by Gasteiger charge is 2.15. The zero-order valence-electron chi connectivity index (χ0n) is 13.1. The monoisotopic (exact) mass is 363 g/mol. The molecular weight excluding hydrogens is 346 g/mol. The van der Waals surface area contributed by atoms with Crippen LogP contribution in [0.4, 0.5) is 0 Å². The number of rotatable bonds is 7. The van der Waals surface area contributed by atoms with Crippen LogP contribution in [0.3, 0.4) is 0 Å². The first kappa shape index (κ1) is 16.8. The van der Waals surface area contributed by atoms with Crippen molar-refractivity contribution in [3.05, 3.63) is 53.2 Å². The molecule has 0 aliphatic heterocycles. The minimum Gasteiger partial charge on any atom is -0.339 e. The van der Waals surface area contributed by atoms with Gasteiger partial charge in [-0.3, -0.25) is 0 Å². The molecule has 2 aromatic heterocycles. The molecule has 126 valence electrons. The molecule has 0 amide bonds. The Morgan fingerprint density at radius 2 is 1.96 bits per heavy atom. The minimum absolute atomic E-state index is 0.322. The van der Waals surface area contributed by atoms with Crippen molar-refractivity contribution in [1.82, 2.24) is 14.9 Å². The summed E-state index contributed by atoms with van der Waals surface area (Å²) >= 11 is 1.26. The van der Waals surface area contributed by atoms with E-state index in [1.165, 1.54) is 11.3 Å². The smallest absolute Gasteiger partial charge is 0.250 e. The normalized spacial score (nSPS) is 11.7. The van der Waals surface area contributed by atoms with E-state index in [2.05, 4.69) is 14.9 Å². The van der Waals surface area contributed by atoms with E-state index in [1.807, 2.05) is 37.3 Å². The summed E-state index contributed by atoms with van der Waals surface area (Å²) in [7, 11) is -3.43. The lowest BCUT2D eigenvalue weighted by Crippen LogP contribution is -2.24. The molecule has 24 heavy (non-hydrogen) atoms. The lowest BCUT2D eigenvalue weighted by Gasteiger charge is -2.03. The maximum atomic E-state index is 12.1. The van der Waals surface area contributed by atoms with Crippen LogP contribution >= 0.6 is 11.3 Å².